The summed E-state index contributed by atoms with van der Waals surface area (Å²) in [7, 11) is 0. The molecule has 0 radical (unpaired) electrons. The number of rotatable bonds is 4. The Kier molecular flexibility index (Phi) is 3.14. The highest BCUT2D eigenvalue weighted by Gasteiger charge is 2.04. The quantitative estimate of drug-likeness (QED) is 0.848. The average Bonchev–Trinajstić information content (AvgIpc) is 2.78. The third-order valence-electron chi connectivity index (χ3n) is 2.28. The van der Waals surface area contributed by atoms with Crippen LogP contribution in [0.15, 0.2) is 24.5 Å². The maximum atomic E-state index is 4.22. The molecule has 2 heterocycles. The molecule has 0 unspecified atom stereocenters. The van der Waals surface area contributed by atoms with E-state index in [2.05, 4.69) is 20.6 Å². The van der Waals surface area contributed by atoms with E-state index in [1.165, 1.54) is 0 Å². The topological polar surface area (TPSA) is 55.6 Å². The van der Waals surface area contributed by atoms with Crippen LogP contribution >= 0.6 is 0 Å². The molecule has 1 N–H and O–H groups in total. The summed E-state index contributed by atoms with van der Waals surface area (Å²) in [6.45, 7) is 5.77. The van der Waals surface area contributed by atoms with Crippen LogP contribution in [0.5, 0.6) is 0 Å². The first-order valence-corrected chi connectivity index (χ1v) is 5.44. The monoisotopic (exact) mass is 217 g/mol. The van der Waals surface area contributed by atoms with Crippen LogP contribution in [0.1, 0.15) is 13.8 Å². The second-order valence-electron chi connectivity index (χ2n) is 3.42. The van der Waals surface area contributed by atoms with E-state index in [1.807, 2.05) is 36.9 Å². The molecule has 0 fully saturated rings. The summed E-state index contributed by atoms with van der Waals surface area (Å²) in [5.41, 5.74) is 1.91. The molecule has 5 nitrogen and oxygen atoms in total. The van der Waals surface area contributed by atoms with Crippen molar-refractivity contribution < 1.29 is 0 Å². The van der Waals surface area contributed by atoms with Crippen LogP contribution in [0.4, 0.5) is 5.82 Å². The predicted molar refractivity (Wildman–Crippen MR) is 63.1 cm³/mol. The molecule has 0 atom stereocenters. The van der Waals surface area contributed by atoms with Crippen LogP contribution in [-0.2, 0) is 6.54 Å². The van der Waals surface area contributed by atoms with Crippen LogP contribution in [-0.4, -0.2) is 26.5 Å². The number of aryl methyl sites for hydroxylation is 1. The highest BCUT2D eigenvalue weighted by molar-refractivity contribution is 5.61. The first-order valence-electron chi connectivity index (χ1n) is 5.44. The molecule has 0 aliphatic carbocycles. The van der Waals surface area contributed by atoms with Crippen LogP contribution < -0.4 is 5.32 Å². The van der Waals surface area contributed by atoms with Crippen molar-refractivity contribution >= 4 is 5.82 Å². The Morgan fingerprint density at radius 1 is 1.38 bits per heavy atom. The van der Waals surface area contributed by atoms with Gasteiger partial charge >= 0.3 is 0 Å². The molecule has 0 amide bonds. The summed E-state index contributed by atoms with van der Waals surface area (Å²) in [6.07, 6.45) is 3.71. The molecule has 0 saturated heterocycles. The lowest BCUT2D eigenvalue weighted by Gasteiger charge is -2.02. The highest BCUT2D eigenvalue weighted by atomic mass is 15.4. The maximum Gasteiger partial charge on any atom is 0.126 e. The number of nitrogens with one attached hydrogen (secondary N) is 1. The van der Waals surface area contributed by atoms with Gasteiger partial charge in [0.1, 0.15) is 11.5 Å². The first kappa shape index (κ1) is 10.6. The van der Waals surface area contributed by atoms with E-state index in [0.717, 1.165) is 30.2 Å². The number of hydrogen-bond acceptors (Lipinski definition) is 4. The lowest BCUT2D eigenvalue weighted by atomic mass is 10.2. The normalized spacial score (nSPS) is 10.4. The Hall–Kier alpha value is -1.91. The van der Waals surface area contributed by atoms with Gasteiger partial charge in [-0.3, -0.25) is 4.68 Å². The van der Waals surface area contributed by atoms with E-state index in [0.29, 0.717) is 0 Å². The van der Waals surface area contributed by atoms with Crippen molar-refractivity contribution in [2.24, 2.45) is 0 Å². The van der Waals surface area contributed by atoms with Crippen molar-refractivity contribution in [2.45, 2.75) is 20.4 Å². The Balaban J connectivity index is 2.28. The fourth-order valence-electron chi connectivity index (χ4n) is 1.45. The first-order chi connectivity index (χ1) is 7.83. The molecule has 2 aromatic rings. The molecule has 5 heteroatoms. The second kappa shape index (κ2) is 4.74. The smallest absolute Gasteiger partial charge is 0.126 e. The number of nitrogens with zero attached hydrogens (tertiary/aromatic N) is 4. The second-order valence-corrected chi connectivity index (χ2v) is 3.42. The van der Waals surface area contributed by atoms with Gasteiger partial charge in [0.2, 0.25) is 0 Å². The van der Waals surface area contributed by atoms with E-state index < -0.39 is 0 Å². The van der Waals surface area contributed by atoms with Gasteiger partial charge in [-0.2, -0.15) is 0 Å². The van der Waals surface area contributed by atoms with Crippen LogP contribution in [0.3, 0.4) is 0 Å². The molecular weight excluding hydrogens is 202 g/mol. The Bertz CT molecular complexity index is 463. The summed E-state index contributed by atoms with van der Waals surface area (Å²) in [5, 5.41) is 11.3. The van der Waals surface area contributed by atoms with Crippen LogP contribution in [0.2, 0.25) is 0 Å². The lowest BCUT2D eigenvalue weighted by Crippen LogP contribution is -1.98. The molecule has 0 aliphatic rings. The molecule has 2 aromatic heterocycles. The molecule has 0 aromatic carbocycles. The van der Waals surface area contributed by atoms with Gasteiger partial charge in [0.15, 0.2) is 0 Å². The van der Waals surface area contributed by atoms with Gasteiger partial charge < -0.3 is 5.32 Å². The molecule has 0 saturated carbocycles. The minimum Gasteiger partial charge on any atom is -0.370 e. The number of aromatic nitrogens is 4. The summed E-state index contributed by atoms with van der Waals surface area (Å²) >= 11 is 0. The SMILES string of the molecule is CCNc1cc(-c2cn(CC)nn2)ccn1. The van der Waals surface area contributed by atoms with Gasteiger partial charge in [0, 0.05) is 24.8 Å². The van der Waals surface area contributed by atoms with Gasteiger partial charge in [0.25, 0.3) is 0 Å². The predicted octanol–water partition coefficient (Wildman–Crippen LogP) is 1.79. The fraction of sp³-hybridized carbons (Fsp3) is 0.364. The number of hydrogen-bond donors (Lipinski definition) is 1. The largest absolute Gasteiger partial charge is 0.370 e. The zero-order chi connectivity index (χ0) is 11.4. The van der Waals surface area contributed by atoms with Crippen molar-refractivity contribution in [3.8, 4) is 11.3 Å². The third kappa shape index (κ3) is 2.18. The minimum absolute atomic E-state index is 0.831. The summed E-state index contributed by atoms with van der Waals surface area (Å²) in [5.74, 6) is 0.867. The van der Waals surface area contributed by atoms with Gasteiger partial charge in [-0.15, -0.1) is 5.10 Å². The van der Waals surface area contributed by atoms with E-state index in [-0.39, 0.29) is 0 Å². The number of anilines is 1. The van der Waals surface area contributed by atoms with Crippen molar-refractivity contribution in [1.82, 2.24) is 20.0 Å². The van der Waals surface area contributed by atoms with Crippen molar-refractivity contribution in [3.05, 3.63) is 24.5 Å². The third-order valence-corrected chi connectivity index (χ3v) is 2.28. The van der Waals surface area contributed by atoms with E-state index in [9.17, 15) is 0 Å². The molecule has 84 valence electrons. The summed E-state index contributed by atoms with van der Waals surface area (Å²) < 4.78 is 1.81. The zero-order valence-electron chi connectivity index (χ0n) is 9.51. The van der Waals surface area contributed by atoms with Crippen LogP contribution in [0, 0.1) is 0 Å². The number of pyridine rings is 1. The van der Waals surface area contributed by atoms with Gasteiger partial charge in [-0.05, 0) is 26.0 Å². The van der Waals surface area contributed by atoms with Gasteiger partial charge in [-0.25, -0.2) is 4.98 Å². The van der Waals surface area contributed by atoms with Crippen molar-refractivity contribution in [2.75, 3.05) is 11.9 Å². The Morgan fingerprint density at radius 3 is 2.94 bits per heavy atom. The van der Waals surface area contributed by atoms with E-state index in [4.69, 9.17) is 0 Å². The van der Waals surface area contributed by atoms with Gasteiger partial charge in [-0.1, -0.05) is 5.21 Å². The minimum atomic E-state index is 0.831. The molecule has 16 heavy (non-hydrogen) atoms. The average molecular weight is 217 g/mol. The Morgan fingerprint density at radius 2 is 2.25 bits per heavy atom. The Labute approximate surface area is 94.5 Å². The molecular formula is C11H15N5. The van der Waals surface area contributed by atoms with Crippen molar-refractivity contribution in [3.63, 3.8) is 0 Å². The van der Waals surface area contributed by atoms with Crippen LogP contribution in [0.25, 0.3) is 11.3 Å². The fourth-order valence-corrected chi connectivity index (χ4v) is 1.45. The highest BCUT2D eigenvalue weighted by Crippen LogP contribution is 2.18. The molecule has 0 bridgehead atoms. The lowest BCUT2D eigenvalue weighted by molar-refractivity contribution is 0.627. The summed E-state index contributed by atoms with van der Waals surface area (Å²) in [6, 6.07) is 3.92. The summed E-state index contributed by atoms with van der Waals surface area (Å²) in [4.78, 5) is 4.22. The molecule has 0 aliphatic heterocycles. The van der Waals surface area contributed by atoms with Gasteiger partial charge in [0.05, 0.1) is 6.20 Å². The van der Waals surface area contributed by atoms with Crippen molar-refractivity contribution in [1.29, 1.82) is 0 Å². The standard InChI is InChI=1S/C11H15N5/c1-3-12-11-7-9(5-6-13-11)10-8-16(4-2)15-14-10/h5-8H,3-4H2,1-2H3,(H,12,13). The molecule has 2 rings (SSSR count). The molecule has 0 spiro atoms. The van der Waals surface area contributed by atoms with E-state index >= 15 is 0 Å². The zero-order valence-corrected chi connectivity index (χ0v) is 9.51. The van der Waals surface area contributed by atoms with E-state index in [1.54, 1.807) is 6.20 Å². The maximum absolute atomic E-state index is 4.22.